The molecular formula is C18H26N2O3S. The normalized spacial score (nSPS) is 26.5. The topological polar surface area (TPSA) is 75.3 Å². The largest absolute Gasteiger partial charge is 0.326 e. The van der Waals surface area contributed by atoms with E-state index >= 15 is 0 Å². The fourth-order valence-electron chi connectivity index (χ4n) is 4.00. The number of hydrogen-bond donors (Lipinski definition) is 2. The lowest BCUT2D eigenvalue weighted by atomic mass is 9.88. The summed E-state index contributed by atoms with van der Waals surface area (Å²) in [6, 6.07) is 6.47. The third kappa shape index (κ3) is 3.81. The number of nitrogens with one attached hydrogen (secondary N) is 2. The second kappa shape index (κ2) is 6.15. The first kappa shape index (κ1) is 17.4. The lowest BCUT2D eigenvalue weighted by Crippen LogP contribution is -2.40. The zero-order valence-electron chi connectivity index (χ0n) is 14.5. The fourth-order valence-corrected chi connectivity index (χ4v) is 5.47. The summed E-state index contributed by atoms with van der Waals surface area (Å²) in [6.45, 7) is 5.39. The minimum Gasteiger partial charge on any atom is -0.326 e. The van der Waals surface area contributed by atoms with Crippen molar-refractivity contribution in [2.24, 2.45) is 17.8 Å². The molecule has 5 nitrogen and oxygen atoms in total. The van der Waals surface area contributed by atoms with Crippen molar-refractivity contribution in [1.82, 2.24) is 4.72 Å². The zero-order valence-corrected chi connectivity index (χ0v) is 15.3. The third-order valence-electron chi connectivity index (χ3n) is 4.93. The van der Waals surface area contributed by atoms with E-state index in [1.165, 1.54) is 18.9 Å². The molecule has 3 unspecified atom stereocenters. The number of benzene rings is 1. The predicted molar refractivity (Wildman–Crippen MR) is 94.1 cm³/mol. The number of anilines is 1. The van der Waals surface area contributed by atoms with Crippen LogP contribution in [0.5, 0.6) is 0 Å². The van der Waals surface area contributed by atoms with E-state index in [1.54, 1.807) is 39.0 Å². The van der Waals surface area contributed by atoms with Crippen molar-refractivity contribution in [3.8, 4) is 0 Å². The Kier molecular flexibility index (Phi) is 4.47. The van der Waals surface area contributed by atoms with Crippen LogP contribution in [-0.4, -0.2) is 19.9 Å². The van der Waals surface area contributed by atoms with Gasteiger partial charge >= 0.3 is 0 Å². The zero-order chi connectivity index (χ0) is 17.5. The Balaban J connectivity index is 1.73. The Hall–Kier alpha value is -1.40. The minimum atomic E-state index is -3.60. The van der Waals surface area contributed by atoms with Crippen molar-refractivity contribution in [2.45, 2.75) is 56.9 Å². The molecule has 2 N–H and O–H groups in total. The van der Waals surface area contributed by atoms with Crippen LogP contribution in [0.2, 0.25) is 0 Å². The highest BCUT2D eigenvalue weighted by Crippen LogP contribution is 2.48. The fraction of sp³-hybridized carbons (Fsp3) is 0.611. The number of hydrogen-bond acceptors (Lipinski definition) is 3. The second-order valence-electron chi connectivity index (χ2n) is 8.15. The van der Waals surface area contributed by atoms with Gasteiger partial charge in [-0.15, -0.1) is 0 Å². The van der Waals surface area contributed by atoms with Gasteiger partial charge in [-0.2, -0.15) is 0 Å². The highest BCUT2D eigenvalue weighted by Gasteiger charge is 2.43. The van der Waals surface area contributed by atoms with Crippen LogP contribution in [-0.2, 0) is 14.8 Å². The quantitative estimate of drug-likeness (QED) is 0.876. The monoisotopic (exact) mass is 350 g/mol. The molecular weight excluding hydrogens is 324 g/mol. The summed E-state index contributed by atoms with van der Waals surface area (Å²) in [6.07, 6.45) is 4.54. The molecule has 2 fully saturated rings. The molecule has 2 bridgehead atoms. The summed E-state index contributed by atoms with van der Waals surface area (Å²) in [5, 5.41) is 2.91. The summed E-state index contributed by atoms with van der Waals surface area (Å²) in [5.41, 5.74) is -0.0131. The van der Waals surface area contributed by atoms with Crippen molar-refractivity contribution in [2.75, 3.05) is 5.32 Å². The molecule has 3 rings (SSSR count). The van der Waals surface area contributed by atoms with E-state index in [9.17, 15) is 13.2 Å². The average molecular weight is 350 g/mol. The maximum atomic E-state index is 12.5. The molecule has 2 aliphatic rings. The third-order valence-corrected chi connectivity index (χ3v) is 6.68. The first-order valence-electron chi connectivity index (χ1n) is 8.59. The van der Waals surface area contributed by atoms with E-state index < -0.39 is 15.6 Å². The summed E-state index contributed by atoms with van der Waals surface area (Å²) >= 11 is 0. The van der Waals surface area contributed by atoms with Gasteiger partial charge in [-0.05, 0) is 70.1 Å². The lowest BCUT2D eigenvalue weighted by molar-refractivity contribution is -0.121. The summed E-state index contributed by atoms with van der Waals surface area (Å²) in [5.74, 6) is 1.31. The Labute approximate surface area is 144 Å². The van der Waals surface area contributed by atoms with Crippen LogP contribution in [0.4, 0.5) is 5.69 Å². The van der Waals surface area contributed by atoms with E-state index in [4.69, 9.17) is 0 Å². The van der Waals surface area contributed by atoms with Crippen LogP contribution >= 0.6 is 0 Å². The van der Waals surface area contributed by atoms with E-state index in [-0.39, 0.29) is 16.7 Å². The van der Waals surface area contributed by atoms with Crippen molar-refractivity contribution in [1.29, 1.82) is 0 Å². The molecule has 0 aliphatic heterocycles. The molecule has 24 heavy (non-hydrogen) atoms. The van der Waals surface area contributed by atoms with Gasteiger partial charge in [0.25, 0.3) is 0 Å². The molecule has 0 radical (unpaired) electrons. The first-order valence-corrected chi connectivity index (χ1v) is 10.1. The van der Waals surface area contributed by atoms with Gasteiger partial charge in [-0.3, -0.25) is 4.79 Å². The smallest absolute Gasteiger partial charge is 0.241 e. The molecule has 132 valence electrons. The van der Waals surface area contributed by atoms with Gasteiger partial charge in [-0.1, -0.05) is 12.5 Å². The maximum absolute atomic E-state index is 12.5. The molecule has 3 atom stereocenters. The number of rotatable bonds is 4. The molecule has 1 aromatic carbocycles. The number of sulfonamides is 1. The van der Waals surface area contributed by atoms with Crippen molar-refractivity contribution in [3.63, 3.8) is 0 Å². The summed E-state index contributed by atoms with van der Waals surface area (Å²) in [4.78, 5) is 12.7. The van der Waals surface area contributed by atoms with Gasteiger partial charge in [0.05, 0.1) is 4.90 Å². The standard InChI is InChI=1S/C18H26N2O3S/c1-18(2,3)20-24(22,23)15-6-4-5-14(11-15)19-17(21)16-10-12-7-8-13(16)9-12/h4-6,11-13,16,20H,7-10H2,1-3H3,(H,19,21). The maximum Gasteiger partial charge on any atom is 0.241 e. The van der Waals surface area contributed by atoms with Crippen LogP contribution in [0, 0.1) is 17.8 Å². The van der Waals surface area contributed by atoms with Crippen LogP contribution < -0.4 is 10.0 Å². The van der Waals surface area contributed by atoms with Crippen molar-refractivity contribution in [3.05, 3.63) is 24.3 Å². The van der Waals surface area contributed by atoms with Crippen LogP contribution in [0.25, 0.3) is 0 Å². The van der Waals surface area contributed by atoms with Crippen molar-refractivity contribution >= 4 is 21.6 Å². The highest BCUT2D eigenvalue weighted by atomic mass is 32.2. The Bertz CT molecular complexity index is 737. The number of fused-ring (bicyclic) bond motifs is 2. The SMILES string of the molecule is CC(C)(C)NS(=O)(=O)c1cccc(NC(=O)C2CC3CCC2C3)c1. The number of amides is 1. The highest BCUT2D eigenvalue weighted by molar-refractivity contribution is 7.89. The van der Waals surface area contributed by atoms with E-state index in [0.717, 1.165) is 12.8 Å². The van der Waals surface area contributed by atoms with Gasteiger partial charge in [0.15, 0.2) is 0 Å². The molecule has 2 aliphatic carbocycles. The average Bonchev–Trinajstić information content (AvgIpc) is 3.07. The molecule has 0 heterocycles. The minimum absolute atomic E-state index is 0.0283. The number of carbonyl (C=O) groups excluding carboxylic acids is 1. The summed E-state index contributed by atoms with van der Waals surface area (Å²) < 4.78 is 27.5. The van der Waals surface area contributed by atoms with E-state index in [0.29, 0.717) is 17.5 Å². The Morgan fingerprint density at radius 1 is 1.17 bits per heavy atom. The lowest BCUT2D eigenvalue weighted by Gasteiger charge is -2.22. The van der Waals surface area contributed by atoms with Gasteiger partial charge in [-0.25, -0.2) is 13.1 Å². The summed E-state index contributed by atoms with van der Waals surface area (Å²) in [7, 11) is -3.60. The van der Waals surface area contributed by atoms with Gasteiger partial charge < -0.3 is 5.32 Å². The molecule has 6 heteroatoms. The van der Waals surface area contributed by atoms with Gasteiger partial charge in [0.1, 0.15) is 0 Å². The first-order chi connectivity index (χ1) is 11.1. The van der Waals surface area contributed by atoms with Gasteiger partial charge in [0.2, 0.25) is 15.9 Å². The van der Waals surface area contributed by atoms with E-state index in [2.05, 4.69) is 10.0 Å². The Morgan fingerprint density at radius 3 is 2.50 bits per heavy atom. The van der Waals surface area contributed by atoms with Crippen LogP contribution in [0.1, 0.15) is 46.5 Å². The number of carbonyl (C=O) groups is 1. The van der Waals surface area contributed by atoms with Crippen LogP contribution in [0.3, 0.4) is 0 Å². The molecule has 2 saturated carbocycles. The van der Waals surface area contributed by atoms with Crippen molar-refractivity contribution < 1.29 is 13.2 Å². The molecule has 0 saturated heterocycles. The Morgan fingerprint density at radius 2 is 1.92 bits per heavy atom. The van der Waals surface area contributed by atoms with Crippen LogP contribution in [0.15, 0.2) is 29.2 Å². The molecule has 1 aromatic rings. The predicted octanol–water partition coefficient (Wildman–Crippen LogP) is 3.14. The molecule has 1 amide bonds. The molecule has 0 aromatic heterocycles. The second-order valence-corrected chi connectivity index (χ2v) is 9.84. The van der Waals surface area contributed by atoms with E-state index in [1.807, 2.05) is 0 Å². The van der Waals surface area contributed by atoms with Gasteiger partial charge in [0, 0.05) is 17.1 Å². The molecule has 0 spiro atoms.